The highest BCUT2D eigenvalue weighted by molar-refractivity contribution is 6.34. The molecule has 1 aliphatic carbocycles. The minimum absolute atomic E-state index is 0.0806. The zero-order chi connectivity index (χ0) is 18.0. The summed E-state index contributed by atoms with van der Waals surface area (Å²) in [6, 6.07) is 4.86. The predicted octanol–water partition coefficient (Wildman–Crippen LogP) is 2.54. The Balaban J connectivity index is 1.74. The average Bonchev–Trinajstić information content (AvgIpc) is 3.24. The second kappa shape index (κ2) is 7.44. The van der Waals surface area contributed by atoms with Gasteiger partial charge in [0.05, 0.1) is 29.3 Å². The van der Waals surface area contributed by atoms with E-state index in [1.807, 2.05) is 0 Å². The van der Waals surface area contributed by atoms with Crippen LogP contribution < -0.4 is 10.2 Å². The SMILES string of the molecule is COC(=O)c1ccc(Cl)c(N2CC(C(=O)NC3CCCC3)CC2=O)c1. The number of ether oxygens (including phenoxy) is 1. The fourth-order valence-electron chi connectivity index (χ4n) is 3.47. The number of amides is 2. The van der Waals surface area contributed by atoms with Gasteiger partial charge in [-0.25, -0.2) is 4.79 Å². The third kappa shape index (κ3) is 3.79. The number of benzene rings is 1. The summed E-state index contributed by atoms with van der Waals surface area (Å²) >= 11 is 6.21. The molecule has 3 rings (SSSR count). The third-order valence-electron chi connectivity index (χ3n) is 4.86. The first kappa shape index (κ1) is 17.7. The van der Waals surface area contributed by atoms with Crippen molar-refractivity contribution in [3.8, 4) is 0 Å². The van der Waals surface area contributed by atoms with Crippen LogP contribution in [0.2, 0.25) is 5.02 Å². The van der Waals surface area contributed by atoms with Gasteiger partial charge in [0.25, 0.3) is 0 Å². The number of carbonyl (C=O) groups excluding carboxylic acids is 3. The molecule has 1 unspecified atom stereocenters. The van der Waals surface area contributed by atoms with Crippen molar-refractivity contribution in [2.75, 3.05) is 18.6 Å². The molecule has 0 bridgehead atoms. The number of nitrogens with zero attached hydrogens (tertiary/aromatic N) is 1. The lowest BCUT2D eigenvalue weighted by Crippen LogP contribution is -2.38. The Morgan fingerprint density at radius 1 is 1.28 bits per heavy atom. The number of hydrogen-bond donors (Lipinski definition) is 1. The van der Waals surface area contributed by atoms with Gasteiger partial charge in [-0.1, -0.05) is 24.4 Å². The molecule has 2 amide bonds. The maximum Gasteiger partial charge on any atom is 0.337 e. The average molecular weight is 365 g/mol. The summed E-state index contributed by atoms with van der Waals surface area (Å²) in [4.78, 5) is 38.0. The van der Waals surface area contributed by atoms with Crippen molar-refractivity contribution in [1.29, 1.82) is 0 Å². The predicted molar refractivity (Wildman–Crippen MR) is 93.7 cm³/mol. The smallest absolute Gasteiger partial charge is 0.337 e. The van der Waals surface area contributed by atoms with Gasteiger partial charge in [-0.3, -0.25) is 9.59 Å². The number of rotatable bonds is 4. The number of esters is 1. The molecule has 134 valence electrons. The van der Waals surface area contributed by atoms with Gasteiger partial charge >= 0.3 is 5.97 Å². The van der Waals surface area contributed by atoms with E-state index in [2.05, 4.69) is 5.32 Å². The van der Waals surface area contributed by atoms with Crippen LogP contribution >= 0.6 is 11.6 Å². The molecule has 1 saturated heterocycles. The Morgan fingerprint density at radius 2 is 2.00 bits per heavy atom. The zero-order valence-corrected chi connectivity index (χ0v) is 14.8. The first-order chi connectivity index (χ1) is 12.0. The van der Waals surface area contributed by atoms with Gasteiger partial charge in [-0.05, 0) is 31.0 Å². The third-order valence-corrected chi connectivity index (χ3v) is 5.18. The Morgan fingerprint density at radius 3 is 2.68 bits per heavy atom. The number of nitrogens with one attached hydrogen (secondary N) is 1. The first-order valence-corrected chi connectivity index (χ1v) is 8.86. The largest absolute Gasteiger partial charge is 0.465 e. The van der Waals surface area contributed by atoms with Crippen LogP contribution in [0.15, 0.2) is 18.2 Å². The van der Waals surface area contributed by atoms with Crippen molar-refractivity contribution in [2.45, 2.75) is 38.1 Å². The number of hydrogen-bond acceptors (Lipinski definition) is 4. The molecule has 1 aliphatic heterocycles. The van der Waals surface area contributed by atoms with E-state index >= 15 is 0 Å². The lowest BCUT2D eigenvalue weighted by molar-refractivity contribution is -0.126. The van der Waals surface area contributed by atoms with E-state index in [0.717, 1.165) is 25.7 Å². The van der Waals surface area contributed by atoms with Crippen LogP contribution in [0.25, 0.3) is 0 Å². The quantitative estimate of drug-likeness (QED) is 0.833. The molecule has 7 heteroatoms. The fourth-order valence-corrected chi connectivity index (χ4v) is 3.69. The second-order valence-electron chi connectivity index (χ2n) is 6.55. The van der Waals surface area contributed by atoms with Crippen LogP contribution in [0, 0.1) is 5.92 Å². The van der Waals surface area contributed by atoms with E-state index in [4.69, 9.17) is 16.3 Å². The van der Waals surface area contributed by atoms with Crippen molar-refractivity contribution in [1.82, 2.24) is 5.32 Å². The molecule has 1 saturated carbocycles. The minimum atomic E-state index is -0.500. The van der Waals surface area contributed by atoms with Crippen molar-refractivity contribution in [3.63, 3.8) is 0 Å². The topological polar surface area (TPSA) is 75.7 Å². The molecular weight excluding hydrogens is 344 g/mol. The van der Waals surface area contributed by atoms with E-state index in [9.17, 15) is 14.4 Å². The van der Waals surface area contributed by atoms with Crippen LogP contribution in [0.1, 0.15) is 42.5 Å². The Hall–Kier alpha value is -2.08. The summed E-state index contributed by atoms with van der Waals surface area (Å²) < 4.78 is 4.70. The lowest BCUT2D eigenvalue weighted by Gasteiger charge is -2.19. The summed E-state index contributed by atoms with van der Waals surface area (Å²) in [5, 5.41) is 3.40. The van der Waals surface area contributed by atoms with Crippen molar-refractivity contribution in [2.24, 2.45) is 5.92 Å². The van der Waals surface area contributed by atoms with E-state index in [1.165, 1.54) is 18.1 Å². The van der Waals surface area contributed by atoms with E-state index in [0.29, 0.717) is 16.3 Å². The van der Waals surface area contributed by atoms with Crippen LogP contribution in [-0.4, -0.2) is 37.5 Å². The maximum atomic E-state index is 12.4. The van der Waals surface area contributed by atoms with Gasteiger partial charge < -0.3 is 15.0 Å². The molecule has 25 heavy (non-hydrogen) atoms. The molecule has 1 atom stereocenters. The van der Waals surface area contributed by atoms with E-state index < -0.39 is 11.9 Å². The standard InChI is InChI=1S/C18H21ClN2O4/c1-25-18(24)11-6-7-14(19)15(8-11)21-10-12(9-16(21)22)17(23)20-13-4-2-3-5-13/h6-8,12-13H,2-5,9-10H2,1H3,(H,20,23). The first-order valence-electron chi connectivity index (χ1n) is 8.48. The van der Waals surface area contributed by atoms with Gasteiger partial charge in [-0.15, -0.1) is 0 Å². The van der Waals surface area contributed by atoms with Gasteiger partial charge in [0.15, 0.2) is 0 Å². The number of anilines is 1. The maximum absolute atomic E-state index is 12.4. The minimum Gasteiger partial charge on any atom is -0.465 e. The molecule has 1 aromatic rings. The number of methoxy groups -OCH3 is 1. The summed E-state index contributed by atoms with van der Waals surface area (Å²) in [5.41, 5.74) is 0.749. The lowest BCUT2D eigenvalue weighted by atomic mass is 10.1. The number of carbonyl (C=O) groups is 3. The van der Waals surface area contributed by atoms with Gasteiger partial charge in [-0.2, -0.15) is 0 Å². The molecule has 2 fully saturated rings. The van der Waals surface area contributed by atoms with Gasteiger partial charge in [0.1, 0.15) is 0 Å². The van der Waals surface area contributed by atoms with Crippen LogP contribution in [0.5, 0.6) is 0 Å². The molecule has 1 N–H and O–H groups in total. The zero-order valence-electron chi connectivity index (χ0n) is 14.1. The number of halogens is 1. The summed E-state index contributed by atoms with van der Waals surface area (Å²) in [6.45, 7) is 0.266. The molecule has 0 spiro atoms. The van der Waals surface area contributed by atoms with E-state index in [-0.39, 0.29) is 30.8 Å². The molecule has 1 heterocycles. The van der Waals surface area contributed by atoms with Gasteiger partial charge in [0.2, 0.25) is 11.8 Å². The van der Waals surface area contributed by atoms with E-state index in [1.54, 1.807) is 12.1 Å². The normalized spacial score (nSPS) is 20.8. The molecule has 2 aliphatic rings. The highest BCUT2D eigenvalue weighted by atomic mass is 35.5. The molecule has 6 nitrogen and oxygen atoms in total. The summed E-state index contributed by atoms with van der Waals surface area (Å²) in [5.74, 6) is -1.15. The Kier molecular flexibility index (Phi) is 5.27. The summed E-state index contributed by atoms with van der Waals surface area (Å²) in [6.07, 6.45) is 4.43. The van der Waals surface area contributed by atoms with Crippen LogP contribution in [0.4, 0.5) is 5.69 Å². The van der Waals surface area contributed by atoms with Crippen LogP contribution in [-0.2, 0) is 14.3 Å². The highest BCUT2D eigenvalue weighted by Gasteiger charge is 2.37. The summed E-state index contributed by atoms with van der Waals surface area (Å²) in [7, 11) is 1.29. The molecule has 0 aromatic heterocycles. The monoisotopic (exact) mass is 364 g/mol. The highest BCUT2D eigenvalue weighted by Crippen LogP contribution is 2.32. The molecular formula is C18H21ClN2O4. The molecule has 0 radical (unpaired) electrons. The van der Waals surface area contributed by atoms with Crippen molar-refractivity contribution in [3.05, 3.63) is 28.8 Å². The van der Waals surface area contributed by atoms with Crippen LogP contribution in [0.3, 0.4) is 0 Å². The Bertz CT molecular complexity index is 700. The second-order valence-corrected chi connectivity index (χ2v) is 6.96. The van der Waals surface area contributed by atoms with Crippen molar-refractivity contribution >= 4 is 35.1 Å². The van der Waals surface area contributed by atoms with Gasteiger partial charge in [0, 0.05) is 19.0 Å². The van der Waals surface area contributed by atoms with Crippen molar-refractivity contribution < 1.29 is 19.1 Å². The fraction of sp³-hybridized carbons (Fsp3) is 0.500. The molecule has 1 aromatic carbocycles. The Labute approximate surface area is 151 Å².